The van der Waals surface area contributed by atoms with E-state index in [0.29, 0.717) is 11.1 Å². The first-order valence-electron chi connectivity index (χ1n) is 5.28. The number of nitrogens with zero attached hydrogens (tertiary/aromatic N) is 1. The molecule has 0 radical (unpaired) electrons. The van der Waals surface area contributed by atoms with E-state index in [4.69, 9.17) is 15.7 Å². The predicted octanol–water partition coefficient (Wildman–Crippen LogP) is 2.18. The summed E-state index contributed by atoms with van der Waals surface area (Å²) >= 11 is 0. The summed E-state index contributed by atoms with van der Waals surface area (Å²) in [5, 5.41) is 9.01. The molecule has 1 atom stereocenters. The zero-order chi connectivity index (χ0) is 13.1. The highest BCUT2D eigenvalue weighted by atomic mass is 35.5. The molecule has 0 amide bonds. The molecule has 1 aromatic carbocycles. The lowest BCUT2D eigenvalue weighted by molar-refractivity contribution is -0.152. The lowest BCUT2D eigenvalue weighted by atomic mass is 9.79. The number of halogens is 1. The summed E-state index contributed by atoms with van der Waals surface area (Å²) in [6, 6.07) is 8.50. The Balaban J connectivity index is 0.00000289. The second-order valence-electron chi connectivity index (χ2n) is 4.39. The highest BCUT2D eigenvalue weighted by Crippen LogP contribution is 2.33. The number of rotatable bonds is 3. The van der Waals surface area contributed by atoms with Gasteiger partial charge in [-0.1, -0.05) is 18.2 Å². The van der Waals surface area contributed by atoms with Crippen molar-refractivity contribution in [3.63, 3.8) is 0 Å². The molecule has 1 aromatic rings. The van der Waals surface area contributed by atoms with Crippen molar-refractivity contribution < 1.29 is 9.53 Å². The van der Waals surface area contributed by atoms with Gasteiger partial charge in [0, 0.05) is 6.04 Å². The van der Waals surface area contributed by atoms with E-state index in [-0.39, 0.29) is 12.4 Å². The smallest absolute Gasteiger partial charge is 0.313 e. The van der Waals surface area contributed by atoms with Gasteiger partial charge >= 0.3 is 5.97 Å². The SMILES string of the molecule is COC(=O)C(C)(C)[C@H](N)c1ccccc1C#N.Cl. The first-order valence-corrected chi connectivity index (χ1v) is 5.28. The topological polar surface area (TPSA) is 76.1 Å². The van der Waals surface area contributed by atoms with E-state index < -0.39 is 17.4 Å². The normalized spacial score (nSPS) is 11.9. The third-order valence-corrected chi connectivity index (χ3v) is 2.91. The van der Waals surface area contributed by atoms with Crippen LogP contribution in [-0.2, 0) is 9.53 Å². The maximum absolute atomic E-state index is 11.7. The van der Waals surface area contributed by atoms with Crippen LogP contribution >= 0.6 is 12.4 Å². The Morgan fingerprint density at radius 2 is 2.00 bits per heavy atom. The van der Waals surface area contributed by atoms with E-state index in [1.165, 1.54) is 7.11 Å². The largest absolute Gasteiger partial charge is 0.469 e. The average Bonchev–Trinajstić information content (AvgIpc) is 2.36. The molecule has 2 N–H and O–H groups in total. The van der Waals surface area contributed by atoms with Gasteiger partial charge in [0.1, 0.15) is 0 Å². The Hall–Kier alpha value is -1.57. The molecule has 0 aromatic heterocycles. The molecule has 98 valence electrons. The maximum atomic E-state index is 11.7. The van der Waals surface area contributed by atoms with Gasteiger partial charge in [0.15, 0.2) is 0 Å². The third kappa shape index (κ3) is 3.00. The molecule has 4 nitrogen and oxygen atoms in total. The molecule has 5 heteroatoms. The van der Waals surface area contributed by atoms with Gasteiger partial charge in [-0.25, -0.2) is 0 Å². The fourth-order valence-corrected chi connectivity index (χ4v) is 1.65. The zero-order valence-electron chi connectivity index (χ0n) is 10.6. The molecule has 0 spiro atoms. The monoisotopic (exact) mass is 268 g/mol. The van der Waals surface area contributed by atoms with Crippen LogP contribution in [0.25, 0.3) is 0 Å². The third-order valence-electron chi connectivity index (χ3n) is 2.91. The summed E-state index contributed by atoms with van der Waals surface area (Å²) in [5.74, 6) is -0.391. The van der Waals surface area contributed by atoms with Gasteiger partial charge in [0.2, 0.25) is 0 Å². The minimum absolute atomic E-state index is 0. The number of carbonyl (C=O) groups is 1. The first kappa shape index (κ1) is 16.4. The molecule has 0 bridgehead atoms. The lowest BCUT2D eigenvalue weighted by Crippen LogP contribution is -2.37. The molecule has 0 fully saturated rings. The Bertz CT molecular complexity index is 466. The van der Waals surface area contributed by atoms with Crippen molar-refractivity contribution in [2.45, 2.75) is 19.9 Å². The van der Waals surface area contributed by atoms with Gasteiger partial charge < -0.3 is 10.5 Å². The number of nitriles is 1. The molecule has 18 heavy (non-hydrogen) atoms. The Morgan fingerprint density at radius 1 is 1.44 bits per heavy atom. The van der Waals surface area contributed by atoms with Gasteiger partial charge in [-0.2, -0.15) is 5.26 Å². The van der Waals surface area contributed by atoms with Crippen molar-refractivity contribution in [1.29, 1.82) is 5.26 Å². The van der Waals surface area contributed by atoms with Crippen LogP contribution < -0.4 is 5.73 Å². The van der Waals surface area contributed by atoms with Crippen LogP contribution in [0.15, 0.2) is 24.3 Å². The van der Waals surface area contributed by atoms with Crippen LogP contribution in [0.2, 0.25) is 0 Å². The van der Waals surface area contributed by atoms with E-state index in [1.54, 1.807) is 38.1 Å². The number of benzene rings is 1. The fraction of sp³-hybridized carbons (Fsp3) is 0.385. The summed E-state index contributed by atoms with van der Waals surface area (Å²) in [5.41, 5.74) is 6.34. The quantitative estimate of drug-likeness (QED) is 0.853. The van der Waals surface area contributed by atoms with Crippen molar-refractivity contribution in [3.05, 3.63) is 35.4 Å². The van der Waals surface area contributed by atoms with Gasteiger partial charge in [-0.05, 0) is 25.5 Å². The van der Waals surface area contributed by atoms with E-state index in [9.17, 15) is 4.79 Å². The molecule has 0 aliphatic rings. The number of nitrogens with two attached hydrogens (primary N) is 1. The van der Waals surface area contributed by atoms with Crippen molar-refractivity contribution in [2.75, 3.05) is 7.11 Å². The van der Waals surface area contributed by atoms with E-state index in [2.05, 4.69) is 6.07 Å². The number of methoxy groups -OCH3 is 1. The molecular formula is C13H17ClN2O2. The molecule has 0 aliphatic carbocycles. The van der Waals surface area contributed by atoms with Crippen LogP contribution in [0.1, 0.15) is 31.0 Å². The highest BCUT2D eigenvalue weighted by Gasteiger charge is 2.37. The Morgan fingerprint density at radius 3 is 2.50 bits per heavy atom. The van der Waals surface area contributed by atoms with Crippen molar-refractivity contribution in [1.82, 2.24) is 0 Å². The zero-order valence-corrected chi connectivity index (χ0v) is 11.5. The van der Waals surface area contributed by atoms with Crippen molar-refractivity contribution in [3.8, 4) is 6.07 Å². The van der Waals surface area contributed by atoms with Crippen LogP contribution in [0.3, 0.4) is 0 Å². The Kier molecular flexibility index (Phi) is 5.83. The standard InChI is InChI=1S/C13H16N2O2.ClH/c1-13(2,12(16)17-3)11(15)10-7-5-4-6-9(10)8-14;/h4-7,11H,15H2,1-3H3;1H/t11-;/m1./s1. The minimum Gasteiger partial charge on any atom is -0.469 e. The summed E-state index contributed by atoms with van der Waals surface area (Å²) in [6.45, 7) is 3.41. The maximum Gasteiger partial charge on any atom is 0.313 e. The van der Waals surface area contributed by atoms with Gasteiger partial charge in [0.25, 0.3) is 0 Å². The van der Waals surface area contributed by atoms with Crippen molar-refractivity contribution in [2.24, 2.45) is 11.1 Å². The van der Waals surface area contributed by atoms with Crippen LogP contribution in [0, 0.1) is 16.7 Å². The highest BCUT2D eigenvalue weighted by molar-refractivity contribution is 5.85. The second-order valence-corrected chi connectivity index (χ2v) is 4.39. The average molecular weight is 269 g/mol. The van der Waals surface area contributed by atoms with Crippen molar-refractivity contribution >= 4 is 18.4 Å². The summed E-state index contributed by atoms with van der Waals surface area (Å²) in [4.78, 5) is 11.7. The van der Waals surface area contributed by atoms with E-state index in [0.717, 1.165) is 0 Å². The lowest BCUT2D eigenvalue weighted by Gasteiger charge is -2.29. The number of esters is 1. The molecule has 1 rings (SSSR count). The van der Waals surface area contributed by atoms with Crippen LogP contribution in [-0.4, -0.2) is 13.1 Å². The first-order chi connectivity index (χ1) is 7.95. The summed E-state index contributed by atoms with van der Waals surface area (Å²) in [7, 11) is 1.33. The molecule has 0 saturated carbocycles. The van der Waals surface area contributed by atoms with Crippen LogP contribution in [0.4, 0.5) is 0 Å². The number of carbonyl (C=O) groups excluding carboxylic acids is 1. The number of hydrogen-bond donors (Lipinski definition) is 1. The minimum atomic E-state index is -0.873. The van der Waals surface area contributed by atoms with Gasteiger partial charge in [-0.15, -0.1) is 12.4 Å². The predicted molar refractivity (Wildman–Crippen MR) is 71.1 cm³/mol. The molecule has 0 saturated heterocycles. The molecule has 0 unspecified atom stereocenters. The molecular weight excluding hydrogens is 252 g/mol. The van der Waals surface area contributed by atoms with Gasteiger partial charge in [0.05, 0.1) is 24.2 Å². The molecule has 0 aliphatic heterocycles. The summed E-state index contributed by atoms with van der Waals surface area (Å²) < 4.78 is 4.73. The fourth-order valence-electron chi connectivity index (χ4n) is 1.65. The van der Waals surface area contributed by atoms with Crippen LogP contribution in [0.5, 0.6) is 0 Å². The second kappa shape index (κ2) is 6.39. The number of ether oxygens (including phenoxy) is 1. The molecule has 0 heterocycles. The summed E-state index contributed by atoms with van der Waals surface area (Å²) in [6.07, 6.45) is 0. The van der Waals surface area contributed by atoms with E-state index >= 15 is 0 Å². The number of hydrogen-bond acceptors (Lipinski definition) is 4. The Labute approximate surface area is 113 Å². The van der Waals surface area contributed by atoms with E-state index in [1.807, 2.05) is 0 Å². The van der Waals surface area contributed by atoms with Gasteiger partial charge in [-0.3, -0.25) is 4.79 Å².